The van der Waals surface area contributed by atoms with Crippen LogP contribution >= 0.6 is 0 Å². The van der Waals surface area contributed by atoms with Crippen LogP contribution in [0.15, 0.2) is 0 Å². The van der Waals surface area contributed by atoms with Crippen LogP contribution in [-0.4, -0.2) is 36.8 Å². The number of likely N-dealkylation sites (N-methyl/N-ethyl adjacent to an activating group) is 1. The molecule has 0 saturated heterocycles. The lowest BCUT2D eigenvalue weighted by molar-refractivity contribution is -0.157. The minimum atomic E-state index is -4.14. The summed E-state index contributed by atoms with van der Waals surface area (Å²) in [7, 11) is 1.54. The fourth-order valence-electron chi connectivity index (χ4n) is 2.48. The third-order valence-electron chi connectivity index (χ3n) is 3.81. The number of halogens is 3. The highest BCUT2D eigenvalue weighted by molar-refractivity contribution is 4.94. The third-order valence-corrected chi connectivity index (χ3v) is 3.81. The van der Waals surface area contributed by atoms with Gasteiger partial charge in [0.1, 0.15) is 0 Å². The molecule has 0 aliphatic heterocycles. The first-order valence-corrected chi connectivity index (χ1v) is 5.77. The van der Waals surface area contributed by atoms with E-state index in [1.165, 1.54) is 11.9 Å². The van der Waals surface area contributed by atoms with Gasteiger partial charge in [-0.05, 0) is 38.6 Å². The van der Waals surface area contributed by atoms with E-state index < -0.39 is 18.3 Å². The standard InChI is InChI=1S/C11H21F3N2/c1-9-3-5-10(7-15,6-4-9)16(2)8-11(12,13)14/h9H,3-8,15H2,1-2H3. The Labute approximate surface area is 95.0 Å². The molecule has 1 saturated carbocycles. The molecule has 0 atom stereocenters. The minimum absolute atomic E-state index is 0.312. The molecule has 0 radical (unpaired) electrons. The van der Waals surface area contributed by atoms with E-state index in [9.17, 15) is 13.2 Å². The molecule has 1 fully saturated rings. The number of hydrogen-bond acceptors (Lipinski definition) is 2. The first-order valence-electron chi connectivity index (χ1n) is 5.77. The lowest BCUT2D eigenvalue weighted by Gasteiger charge is -2.45. The molecule has 1 aliphatic carbocycles. The number of hydrogen-bond donors (Lipinski definition) is 1. The second-order valence-electron chi connectivity index (χ2n) is 5.08. The summed E-state index contributed by atoms with van der Waals surface area (Å²) in [4.78, 5) is 1.40. The summed E-state index contributed by atoms with van der Waals surface area (Å²) in [6.45, 7) is 1.59. The molecule has 16 heavy (non-hydrogen) atoms. The van der Waals surface area contributed by atoms with Crippen LogP contribution in [0.5, 0.6) is 0 Å². The molecule has 5 heteroatoms. The summed E-state index contributed by atoms with van der Waals surface area (Å²) < 4.78 is 37.1. The van der Waals surface area contributed by atoms with Crippen molar-refractivity contribution in [2.75, 3.05) is 20.1 Å². The highest BCUT2D eigenvalue weighted by Crippen LogP contribution is 2.36. The molecule has 0 bridgehead atoms. The quantitative estimate of drug-likeness (QED) is 0.818. The lowest BCUT2D eigenvalue weighted by atomic mass is 9.76. The molecular weight excluding hydrogens is 217 g/mol. The van der Waals surface area contributed by atoms with Crippen molar-refractivity contribution < 1.29 is 13.2 Å². The molecule has 0 aromatic carbocycles. The molecule has 0 unspecified atom stereocenters. The van der Waals surface area contributed by atoms with Gasteiger partial charge in [-0.3, -0.25) is 4.90 Å². The largest absolute Gasteiger partial charge is 0.401 e. The highest BCUT2D eigenvalue weighted by Gasteiger charge is 2.41. The van der Waals surface area contributed by atoms with E-state index in [2.05, 4.69) is 6.92 Å². The van der Waals surface area contributed by atoms with Gasteiger partial charge in [0, 0.05) is 12.1 Å². The van der Waals surface area contributed by atoms with Crippen LogP contribution in [0.1, 0.15) is 32.6 Å². The molecule has 1 rings (SSSR count). The Morgan fingerprint density at radius 2 is 1.81 bits per heavy atom. The highest BCUT2D eigenvalue weighted by atomic mass is 19.4. The molecule has 0 aromatic rings. The van der Waals surface area contributed by atoms with E-state index >= 15 is 0 Å². The van der Waals surface area contributed by atoms with Gasteiger partial charge in [-0.2, -0.15) is 13.2 Å². The molecular formula is C11H21F3N2. The van der Waals surface area contributed by atoms with E-state index in [4.69, 9.17) is 5.73 Å². The third kappa shape index (κ3) is 3.35. The number of rotatable bonds is 3. The Kier molecular flexibility index (Phi) is 4.23. The summed E-state index contributed by atoms with van der Waals surface area (Å²) in [6, 6.07) is 0. The van der Waals surface area contributed by atoms with E-state index in [1.807, 2.05) is 0 Å². The van der Waals surface area contributed by atoms with Crippen molar-refractivity contribution >= 4 is 0 Å². The molecule has 2 N–H and O–H groups in total. The van der Waals surface area contributed by atoms with Crippen molar-refractivity contribution in [2.45, 2.75) is 44.3 Å². The predicted octanol–water partition coefficient (Wildman–Crippen LogP) is 2.39. The van der Waals surface area contributed by atoms with Gasteiger partial charge in [-0.1, -0.05) is 6.92 Å². The van der Waals surface area contributed by atoms with Crippen molar-refractivity contribution in [2.24, 2.45) is 11.7 Å². The van der Waals surface area contributed by atoms with Crippen LogP contribution in [0.2, 0.25) is 0 Å². The van der Waals surface area contributed by atoms with Crippen molar-refractivity contribution in [3.8, 4) is 0 Å². The van der Waals surface area contributed by atoms with Gasteiger partial charge in [0.2, 0.25) is 0 Å². The second-order valence-corrected chi connectivity index (χ2v) is 5.08. The van der Waals surface area contributed by atoms with Gasteiger partial charge in [-0.25, -0.2) is 0 Å². The van der Waals surface area contributed by atoms with Gasteiger partial charge < -0.3 is 5.73 Å². The maximum absolute atomic E-state index is 12.4. The minimum Gasteiger partial charge on any atom is -0.329 e. The fraction of sp³-hybridized carbons (Fsp3) is 1.00. The molecule has 1 aliphatic rings. The van der Waals surface area contributed by atoms with Crippen molar-refractivity contribution in [3.63, 3.8) is 0 Å². The normalized spacial score (nSPS) is 32.1. The van der Waals surface area contributed by atoms with Crippen LogP contribution in [0.3, 0.4) is 0 Å². The zero-order valence-electron chi connectivity index (χ0n) is 9.98. The monoisotopic (exact) mass is 238 g/mol. The molecule has 0 heterocycles. The molecule has 0 spiro atoms. The average Bonchev–Trinajstić information content (AvgIpc) is 2.17. The van der Waals surface area contributed by atoms with Crippen molar-refractivity contribution in [1.82, 2.24) is 4.90 Å². The number of alkyl halides is 3. The smallest absolute Gasteiger partial charge is 0.329 e. The average molecular weight is 238 g/mol. The Bertz CT molecular complexity index is 220. The predicted molar refractivity (Wildman–Crippen MR) is 58.1 cm³/mol. The van der Waals surface area contributed by atoms with E-state index in [0.717, 1.165) is 25.7 Å². The van der Waals surface area contributed by atoms with E-state index in [1.54, 1.807) is 0 Å². The number of nitrogens with two attached hydrogens (primary N) is 1. The van der Waals surface area contributed by atoms with E-state index in [0.29, 0.717) is 12.5 Å². The topological polar surface area (TPSA) is 29.3 Å². The maximum atomic E-state index is 12.4. The first kappa shape index (κ1) is 13.8. The van der Waals surface area contributed by atoms with Crippen molar-refractivity contribution in [1.29, 1.82) is 0 Å². The van der Waals surface area contributed by atoms with Crippen LogP contribution in [-0.2, 0) is 0 Å². The van der Waals surface area contributed by atoms with Gasteiger partial charge in [0.05, 0.1) is 6.54 Å². The van der Waals surface area contributed by atoms with Gasteiger partial charge in [0.15, 0.2) is 0 Å². The molecule has 96 valence electrons. The van der Waals surface area contributed by atoms with Crippen LogP contribution in [0, 0.1) is 5.92 Å². The SMILES string of the molecule is CC1CCC(CN)(N(C)CC(F)(F)F)CC1. The summed E-state index contributed by atoms with van der Waals surface area (Å²) in [6.07, 6.45) is -0.646. The Morgan fingerprint density at radius 3 is 2.19 bits per heavy atom. The molecule has 0 aromatic heterocycles. The Hall–Kier alpha value is -0.290. The van der Waals surface area contributed by atoms with E-state index in [-0.39, 0.29) is 0 Å². The summed E-state index contributed by atoms with van der Waals surface area (Å²) in [5, 5.41) is 0. The summed E-state index contributed by atoms with van der Waals surface area (Å²) >= 11 is 0. The summed E-state index contributed by atoms with van der Waals surface area (Å²) in [5.74, 6) is 0.610. The van der Waals surface area contributed by atoms with Crippen LogP contribution in [0.25, 0.3) is 0 Å². The van der Waals surface area contributed by atoms with Crippen LogP contribution < -0.4 is 5.73 Å². The zero-order valence-corrected chi connectivity index (χ0v) is 9.98. The maximum Gasteiger partial charge on any atom is 0.401 e. The zero-order chi connectivity index (χ0) is 12.4. The molecule has 0 amide bonds. The Balaban J connectivity index is 2.65. The fourth-order valence-corrected chi connectivity index (χ4v) is 2.48. The first-order chi connectivity index (χ1) is 7.29. The lowest BCUT2D eigenvalue weighted by Crippen LogP contribution is -2.56. The Morgan fingerprint density at radius 1 is 1.31 bits per heavy atom. The van der Waals surface area contributed by atoms with Gasteiger partial charge in [-0.15, -0.1) is 0 Å². The van der Waals surface area contributed by atoms with Crippen LogP contribution in [0.4, 0.5) is 13.2 Å². The van der Waals surface area contributed by atoms with Gasteiger partial charge >= 0.3 is 6.18 Å². The second kappa shape index (κ2) is 4.92. The van der Waals surface area contributed by atoms with Gasteiger partial charge in [0.25, 0.3) is 0 Å². The number of nitrogens with zero attached hydrogens (tertiary/aromatic N) is 1. The molecule has 2 nitrogen and oxygen atoms in total. The van der Waals surface area contributed by atoms with Crippen molar-refractivity contribution in [3.05, 3.63) is 0 Å². The summed E-state index contributed by atoms with van der Waals surface area (Å²) in [5.41, 5.74) is 5.25.